The summed E-state index contributed by atoms with van der Waals surface area (Å²) in [6.45, 7) is 2.51. The number of carbonyl (C=O) groups excluding carboxylic acids is 2. The molecule has 126 valence electrons. The molecule has 1 aromatic rings. The predicted octanol–water partition coefficient (Wildman–Crippen LogP) is 1.67. The summed E-state index contributed by atoms with van der Waals surface area (Å²) in [5, 5.41) is 4.26. The Hall–Kier alpha value is -1.85. The van der Waals surface area contributed by atoms with Gasteiger partial charge in [0.2, 0.25) is 11.8 Å². The third-order valence-electron chi connectivity index (χ3n) is 4.90. The molecule has 3 heterocycles. The largest absolute Gasteiger partial charge is 0.336 e. The Bertz CT molecular complexity index is 529. The molecule has 6 nitrogen and oxygen atoms in total. The maximum atomic E-state index is 12.8. The summed E-state index contributed by atoms with van der Waals surface area (Å²) >= 11 is 0. The Morgan fingerprint density at radius 1 is 1.17 bits per heavy atom. The number of nitrogens with zero attached hydrogens (tertiary/aromatic N) is 4. The minimum absolute atomic E-state index is 0.0945. The van der Waals surface area contributed by atoms with Crippen LogP contribution in [0, 0.1) is 0 Å². The van der Waals surface area contributed by atoms with Crippen molar-refractivity contribution in [2.45, 2.75) is 57.5 Å². The van der Waals surface area contributed by atoms with Crippen molar-refractivity contribution in [3.8, 4) is 0 Å². The molecular weight excluding hydrogens is 292 g/mol. The van der Waals surface area contributed by atoms with Crippen molar-refractivity contribution < 1.29 is 9.59 Å². The highest BCUT2D eigenvalue weighted by atomic mass is 16.2. The van der Waals surface area contributed by atoms with E-state index < -0.39 is 0 Å². The molecule has 3 rings (SSSR count). The lowest BCUT2D eigenvalue weighted by Gasteiger charge is -2.37. The lowest BCUT2D eigenvalue weighted by Crippen LogP contribution is -2.50. The van der Waals surface area contributed by atoms with E-state index in [4.69, 9.17) is 0 Å². The Balaban J connectivity index is 1.62. The van der Waals surface area contributed by atoms with Gasteiger partial charge in [0.15, 0.2) is 0 Å². The van der Waals surface area contributed by atoms with Gasteiger partial charge in [-0.2, -0.15) is 5.10 Å². The number of likely N-dealkylation sites (tertiary alicyclic amines) is 2. The van der Waals surface area contributed by atoms with Crippen LogP contribution in [0.1, 0.15) is 44.9 Å². The zero-order valence-corrected chi connectivity index (χ0v) is 13.7. The van der Waals surface area contributed by atoms with Gasteiger partial charge in [0.1, 0.15) is 0 Å². The van der Waals surface area contributed by atoms with Crippen LogP contribution in [-0.2, 0) is 16.1 Å². The molecular formula is C17H26N4O2. The highest BCUT2D eigenvalue weighted by Gasteiger charge is 2.29. The Labute approximate surface area is 137 Å². The van der Waals surface area contributed by atoms with Crippen molar-refractivity contribution in [2.75, 3.05) is 19.6 Å². The van der Waals surface area contributed by atoms with Crippen molar-refractivity contribution in [1.29, 1.82) is 0 Å². The maximum Gasteiger partial charge on any atom is 0.242 e. The fraction of sp³-hybridized carbons (Fsp3) is 0.706. The van der Waals surface area contributed by atoms with Crippen molar-refractivity contribution in [2.24, 2.45) is 0 Å². The Morgan fingerprint density at radius 2 is 2.04 bits per heavy atom. The van der Waals surface area contributed by atoms with Gasteiger partial charge in [-0.3, -0.25) is 14.3 Å². The average Bonchev–Trinajstić information content (AvgIpc) is 2.98. The Kier molecular flexibility index (Phi) is 5.31. The molecule has 0 aliphatic carbocycles. The van der Waals surface area contributed by atoms with Crippen LogP contribution >= 0.6 is 0 Å². The number of aromatic nitrogens is 2. The third-order valence-corrected chi connectivity index (χ3v) is 4.90. The first kappa shape index (κ1) is 16.0. The molecule has 6 heteroatoms. The van der Waals surface area contributed by atoms with Gasteiger partial charge in [0, 0.05) is 31.9 Å². The van der Waals surface area contributed by atoms with Crippen LogP contribution in [0.5, 0.6) is 0 Å². The molecule has 0 N–H and O–H groups in total. The van der Waals surface area contributed by atoms with Gasteiger partial charge in [-0.15, -0.1) is 0 Å². The molecule has 23 heavy (non-hydrogen) atoms. The number of rotatable bonds is 4. The van der Waals surface area contributed by atoms with E-state index in [1.54, 1.807) is 11.1 Å². The van der Waals surface area contributed by atoms with Gasteiger partial charge >= 0.3 is 0 Å². The van der Waals surface area contributed by atoms with E-state index in [0.717, 1.165) is 58.2 Å². The summed E-state index contributed by atoms with van der Waals surface area (Å²) in [7, 11) is 0. The SMILES string of the molecule is O=C1CCCCCN1CC(=O)N1CCCCC1Cn1cccn1. The number of carbonyl (C=O) groups is 2. The number of piperidine rings is 1. The molecule has 0 saturated carbocycles. The minimum Gasteiger partial charge on any atom is -0.336 e. The van der Waals surface area contributed by atoms with Crippen LogP contribution < -0.4 is 0 Å². The van der Waals surface area contributed by atoms with Gasteiger partial charge in [-0.1, -0.05) is 6.42 Å². The second-order valence-corrected chi connectivity index (χ2v) is 6.59. The molecule has 1 aromatic heterocycles. The zero-order chi connectivity index (χ0) is 16.1. The van der Waals surface area contributed by atoms with E-state index in [2.05, 4.69) is 5.10 Å². The number of amides is 2. The van der Waals surface area contributed by atoms with E-state index in [0.29, 0.717) is 6.42 Å². The van der Waals surface area contributed by atoms with Gasteiger partial charge in [-0.05, 0) is 38.2 Å². The molecule has 0 bridgehead atoms. The van der Waals surface area contributed by atoms with Crippen molar-refractivity contribution >= 4 is 11.8 Å². The zero-order valence-electron chi connectivity index (χ0n) is 13.7. The summed E-state index contributed by atoms with van der Waals surface area (Å²) in [4.78, 5) is 28.6. The molecule has 2 fully saturated rings. The molecule has 1 atom stereocenters. The van der Waals surface area contributed by atoms with Crippen LogP contribution in [0.3, 0.4) is 0 Å². The molecule has 2 aliphatic heterocycles. The maximum absolute atomic E-state index is 12.8. The standard InChI is InChI=1S/C17H26N4O2/c22-16-8-2-1-4-10-19(16)14-17(23)21-12-5-3-7-15(21)13-20-11-6-9-18-20/h6,9,11,15H,1-5,7-8,10,12-14H2. The van der Waals surface area contributed by atoms with Gasteiger partial charge in [-0.25, -0.2) is 0 Å². The second-order valence-electron chi connectivity index (χ2n) is 6.59. The quantitative estimate of drug-likeness (QED) is 0.848. The smallest absolute Gasteiger partial charge is 0.242 e. The minimum atomic E-state index is 0.0945. The van der Waals surface area contributed by atoms with Crippen LogP contribution in [-0.4, -0.2) is 57.1 Å². The lowest BCUT2D eigenvalue weighted by atomic mass is 10.0. The summed E-state index contributed by atoms with van der Waals surface area (Å²) in [6.07, 6.45) is 10.6. The van der Waals surface area contributed by atoms with Gasteiger partial charge in [0.05, 0.1) is 19.1 Å². The van der Waals surface area contributed by atoms with Gasteiger partial charge < -0.3 is 9.80 Å². The van der Waals surface area contributed by atoms with Crippen LogP contribution in [0.15, 0.2) is 18.5 Å². The van der Waals surface area contributed by atoms with E-state index in [1.165, 1.54) is 0 Å². The first-order valence-electron chi connectivity index (χ1n) is 8.79. The highest BCUT2D eigenvalue weighted by Crippen LogP contribution is 2.19. The fourth-order valence-electron chi connectivity index (χ4n) is 3.60. The second kappa shape index (κ2) is 7.62. The highest BCUT2D eigenvalue weighted by molar-refractivity contribution is 5.85. The first-order chi connectivity index (χ1) is 11.2. The molecule has 0 spiro atoms. The van der Waals surface area contributed by atoms with Crippen LogP contribution in [0.25, 0.3) is 0 Å². The summed E-state index contributed by atoms with van der Waals surface area (Å²) in [5.74, 6) is 0.230. The summed E-state index contributed by atoms with van der Waals surface area (Å²) in [5.41, 5.74) is 0. The van der Waals surface area contributed by atoms with Crippen LogP contribution in [0.2, 0.25) is 0 Å². The summed E-state index contributed by atoms with van der Waals surface area (Å²) < 4.78 is 1.90. The average molecular weight is 318 g/mol. The van der Waals surface area contributed by atoms with Crippen molar-refractivity contribution in [3.05, 3.63) is 18.5 Å². The lowest BCUT2D eigenvalue weighted by molar-refractivity contribution is -0.142. The predicted molar refractivity (Wildman–Crippen MR) is 86.6 cm³/mol. The monoisotopic (exact) mass is 318 g/mol. The van der Waals surface area contributed by atoms with E-state index in [-0.39, 0.29) is 24.4 Å². The van der Waals surface area contributed by atoms with Crippen molar-refractivity contribution in [3.63, 3.8) is 0 Å². The Morgan fingerprint density at radius 3 is 2.87 bits per heavy atom. The van der Waals surface area contributed by atoms with Crippen LogP contribution in [0.4, 0.5) is 0 Å². The molecule has 0 aromatic carbocycles. The number of hydrogen-bond acceptors (Lipinski definition) is 3. The molecule has 2 amide bonds. The first-order valence-corrected chi connectivity index (χ1v) is 8.79. The third kappa shape index (κ3) is 4.12. The normalized spacial score (nSPS) is 23.0. The van der Waals surface area contributed by atoms with Gasteiger partial charge in [0.25, 0.3) is 0 Å². The van der Waals surface area contributed by atoms with E-state index >= 15 is 0 Å². The molecule has 1 unspecified atom stereocenters. The number of hydrogen-bond donors (Lipinski definition) is 0. The molecule has 2 aliphatic rings. The topological polar surface area (TPSA) is 58.4 Å². The van der Waals surface area contributed by atoms with E-state index in [9.17, 15) is 9.59 Å². The van der Waals surface area contributed by atoms with Crippen molar-refractivity contribution in [1.82, 2.24) is 19.6 Å². The molecule has 2 saturated heterocycles. The van der Waals surface area contributed by atoms with E-state index in [1.807, 2.05) is 21.8 Å². The summed E-state index contributed by atoms with van der Waals surface area (Å²) in [6, 6.07) is 2.10. The fourth-order valence-corrected chi connectivity index (χ4v) is 3.60. The molecule has 0 radical (unpaired) electrons.